The molecule has 0 atom stereocenters. The largest absolute Gasteiger partial charge is 0.508 e. The van der Waals surface area contributed by atoms with Gasteiger partial charge < -0.3 is 20.5 Å². The van der Waals surface area contributed by atoms with Gasteiger partial charge in [-0.25, -0.2) is 0 Å². The number of nitrogen functional groups attached to an aromatic ring is 1. The number of ether oxygens (including phenoxy) is 1. The Morgan fingerprint density at radius 3 is 2.89 bits per heavy atom. The van der Waals surface area contributed by atoms with Crippen LogP contribution in [0.15, 0.2) is 18.2 Å². The molecular weight excluding hydrogens is 246 g/mol. The molecule has 1 aromatic carbocycles. The zero-order valence-corrected chi connectivity index (χ0v) is 10.8. The second-order valence-corrected chi connectivity index (χ2v) is 3.96. The van der Waals surface area contributed by atoms with Crippen LogP contribution >= 0.6 is 0 Å². The summed E-state index contributed by atoms with van der Waals surface area (Å²) in [7, 11) is 1.54. The molecule has 0 aliphatic carbocycles. The van der Waals surface area contributed by atoms with Crippen LogP contribution in [-0.2, 0) is 4.74 Å². The van der Waals surface area contributed by atoms with Gasteiger partial charge in [-0.05, 0) is 18.2 Å². The number of nitrogens with zero attached hydrogens (tertiary/aromatic N) is 2. The monoisotopic (exact) mass is 263 g/mol. The number of hydrogen-bond acceptors (Lipinski definition) is 5. The number of carbonyl (C=O) groups excluding carboxylic acids is 1. The molecule has 6 nitrogen and oxygen atoms in total. The van der Waals surface area contributed by atoms with Crippen molar-refractivity contribution in [1.82, 2.24) is 4.90 Å². The fourth-order valence-electron chi connectivity index (χ4n) is 1.60. The molecule has 0 unspecified atom stereocenters. The molecule has 0 spiro atoms. The van der Waals surface area contributed by atoms with Gasteiger partial charge in [0.1, 0.15) is 5.75 Å². The molecule has 0 aromatic heterocycles. The zero-order valence-electron chi connectivity index (χ0n) is 10.8. The minimum atomic E-state index is -0.319. The van der Waals surface area contributed by atoms with Gasteiger partial charge in [-0.1, -0.05) is 0 Å². The average Bonchev–Trinajstić information content (AvgIpc) is 2.41. The van der Waals surface area contributed by atoms with E-state index in [1.54, 1.807) is 0 Å². The second kappa shape index (κ2) is 7.24. The third kappa shape index (κ3) is 4.16. The Bertz CT molecular complexity index is 483. The van der Waals surface area contributed by atoms with Crippen LogP contribution in [0.25, 0.3) is 0 Å². The highest BCUT2D eigenvalue weighted by Crippen LogP contribution is 2.20. The smallest absolute Gasteiger partial charge is 0.256 e. The third-order valence-corrected chi connectivity index (χ3v) is 2.61. The summed E-state index contributed by atoms with van der Waals surface area (Å²) < 4.78 is 4.93. The number of amides is 1. The molecule has 0 radical (unpaired) electrons. The SMILES string of the molecule is COCCN(CCC#N)C(=O)c1cc(O)ccc1N. The standard InChI is InChI=1S/C13H17N3O3/c1-19-8-7-16(6-2-5-14)13(18)11-9-10(17)3-4-12(11)15/h3-4,9,17H,2,6-8,15H2,1H3. The number of anilines is 1. The number of phenolic OH excluding ortho intramolecular Hbond substituents is 1. The van der Waals surface area contributed by atoms with E-state index in [0.717, 1.165) is 0 Å². The van der Waals surface area contributed by atoms with Gasteiger partial charge in [0, 0.05) is 25.9 Å². The number of aromatic hydroxyl groups is 1. The van der Waals surface area contributed by atoms with E-state index in [1.807, 2.05) is 6.07 Å². The Kier molecular flexibility index (Phi) is 5.64. The first-order valence-electron chi connectivity index (χ1n) is 5.83. The molecule has 0 fully saturated rings. The van der Waals surface area contributed by atoms with E-state index >= 15 is 0 Å². The molecule has 1 amide bonds. The van der Waals surface area contributed by atoms with Crippen molar-refractivity contribution in [2.45, 2.75) is 6.42 Å². The van der Waals surface area contributed by atoms with Gasteiger partial charge in [-0.15, -0.1) is 0 Å². The van der Waals surface area contributed by atoms with Gasteiger partial charge in [0.25, 0.3) is 5.91 Å². The van der Waals surface area contributed by atoms with Crippen LogP contribution in [0.5, 0.6) is 5.75 Å². The van der Waals surface area contributed by atoms with Crippen molar-refractivity contribution in [3.05, 3.63) is 23.8 Å². The number of rotatable bonds is 6. The van der Waals surface area contributed by atoms with Crippen LogP contribution < -0.4 is 5.73 Å². The maximum Gasteiger partial charge on any atom is 0.256 e. The summed E-state index contributed by atoms with van der Waals surface area (Å²) in [4.78, 5) is 13.8. The highest BCUT2D eigenvalue weighted by molar-refractivity contribution is 5.99. The van der Waals surface area contributed by atoms with Gasteiger partial charge in [0.05, 0.1) is 24.7 Å². The Morgan fingerprint density at radius 1 is 1.53 bits per heavy atom. The Hall–Kier alpha value is -2.26. The fourth-order valence-corrected chi connectivity index (χ4v) is 1.60. The Morgan fingerprint density at radius 2 is 2.26 bits per heavy atom. The highest BCUT2D eigenvalue weighted by Gasteiger charge is 2.18. The number of nitrogens with two attached hydrogens (primary N) is 1. The van der Waals surface area contributed by atoms with Crippen molar-refractivity contribution < 1.29 is 14.6 Å². The number of nitriles is 1. The average molecular weight is 263 g/mol. The van der Waals surface area contributed by atoms with Crippen LogP contribution in [0.2, 0.25) is 0 Å². The van der Waals surface area contributed by atoms with Crippen molar-refractivity contribution in [2.75, 3.05) is 32.5 Å². The number of hydrogen-bond donors (Lipinski definition) is 2. The zero-order chi connectivity index (χ0) is 14.3. The number of phenols is 1. The van der Waals surface area contributed by atoms with Crippen molar-refractivity contribution in [2.24, 2.45) is 0 Å². The van der Waals surface area contributed by atoms with Crippen LogP contribution in [0.1, 0.15) is 16.8 Å². The molecule has 0 aliphatic heterocycles. The van der Waals surface area contributed by atoms with Gasteiger partial charge in [0.15, 0.2) is 0 Å². The molecule has 6 heteroatoms. The number of benzene rings is 1. The highest BCUT2D eigenvalue weighted by atomic mass is 16.5. The van der Waals surface area contributed by atoms with E-state index in [0.29, 0.717) is 25.4 Å². The summed E-state index contributed by atoms with van der Waals surface area (Å²) in [5.74, 6) is -0.342. The number of carbonyl (C=O) groups is 1. The third-order valence-electron chi connectivity index (χ3n) is 2.61. The lowest BCUT2D eigenvalue weighted by Crippen LogP contribution is -2.35. The molecule has 102 valence electrons. The predicted molar refractivity (Wildman–Crippen MR) is 70.5 cm³/mol. The molecule has 1 rings (SSSR count). The van der Waals surface area contributed by atoms with Gasteiger partial charge in [-0.2, -0.15) is 5.26 Å². The molecule has 1 aromatic rings. The lowest BCUT2D eigenvalue weighted by molar-refractivity contribution is 0.0700. The van der Waals surface area contributed by atoms with Gasteiger partial charge >= 0.3 is 0 Å². The van der Waals surface area contributed by atoms with E-state index < -0.39 is 0 Å². The van der Waals surface area contributed by atoms with Gasteiger partial charge in [-0.3, -0.25) is 4.79 Å². The van der Waals surface area contributed by atoms with E-state index in [1.165, 1.54) is 30.2 Å². The van der Waals surface area contributed by atoms with E-state index in [-0.39, 0.29) is 23.6 Å². The quantitative estimate of drug-likeness (QED) is 0.588. The van der Waals surface area contributed by atoms with Crippen LogP contribution in [-0.4, -0.2) is 42.7 Å². The molecule has 0 saturated heterocycles. The maximum absolute atomic E-state index is 12.3. The summed E-state index contributed by atoms with van der Waals surface area (Å²) in [5, 5.41) is 18.0. The Balaban J connectivity index is 2.91. The lowest BCUT2D eigenvalue weighted by Gasteiger charge is -2.22. The normalized spacial score (nSPS) is 9.89. The van der Waals surface area contributed by atoms with Crippen LogP contribution in [0.3, 0.4) is 0 Å². The van der Waals surface area contributed by atoms with Crippen molar-refractivity contribution in [1.29, 1.82) is 5.26 Å². The summed E-state index contributed by atoms with van der Waals surface area (Å²) in [6, 6.07) is 6.21. The first-order valence-corrected chi connectivity index (χ1v) is 5.83. The lowest BCUT2D eigenvalue weighted by atomic mass is 10.1. The van der Waals surface area contributed by atoms with Crippen LogP contribution in [0, 0.1) is 11.3 Å². The van der Waals surface area contributed by atoms with Gasteiger partial charge in [0.2, 0.25) is 0 Å². The number of methoxy groups -OCH3 is 1. The minimum Gasteiger partial charge on any atom is -0.508 e. The van der Waals surface area contributed by atoms with Crippen LogP contribution in [0.4, 0.5) is 5.69 Å². The fraction of sp³-hybridized carbons (Fsp3) is 0.385. The summed E-state index contributed by atoms with van der Waals surface area (Å²) >= 11 is 0. The second-order valence-electron chi connectivity index (χ2n) is 3.96. The van der Waals surface area contributed by atoms with Crippen molar-refractivity contribution in [3.8, 4) is 11.8 Å². The molecule has 3 N–H and O–H groups in total. The molecular formula is C13H17N3O3. The summed E-state index contributed by atoms with van der Waals surface area (Å²) in [6.07, 6.45) is 0.230. The molecule has 0 aliphatic rings. The van der Waals surface area contributed by atoms with E-state index in [9.17, 15) is 9.90 Å². The Labute approximate surface area is 112 Å². The first-order chi connectivity index (χ1) is 9.10. The summed E-state index contributed by atoms with van der Waals surface area (Å²) in [5.41, 5.74) is 6.25. The van der Waals surface area contributed by atoms with Crippen molar-refractivity contribution in [3.63, 3.8) is 0 Å². The molecule has 0 bridgehead atoms. The minimum absolute atomic E-state index is 0.0236. The van der Waals surface area contributed by atoms with Crippen molar-refractivity contribution >= 4 is 11.6 Å². The summed E-state index contributed by atoms with van der Waals surface area (Å²) in [6.45, 7) is 1.04. The topological polar surface area (TPSA) is 99.6 Å². The first kappa shape index (κ1) is 14.8. The molecule has 0 saturated carbocycles. The van der Waals surface area contributed by atoms with E-state index in [2.05, 4.69) is 0 Å². The molecule has 0 heterocycles. The predicted octanol–water partition coefficient (Wildman–Crippen LogP) is 0.977. The maximum atomic E-state index is 12.3. The molecule has 19 heavy (non-hydrogen) atoms. The van der Waals surface area contributed by atoms with E-state index in [4.69, 9.17) is 15.7 Å².